The Bertz CT molecular complexity index is 249. The van der Waals surface area contributed by atoms with Crippen LogP contribution in [0.2, 0.25) is 13.1 Å². The van der Waals surface area contributed by atoms with Gasteiger partial charge in [0.1, 0.15) is 0 Å². The second-order valence-electron chi connectivity index (χ2n) is 2.49. The molecule has 0 bridgehead atoms. The fraction of sp³-hybridized carbons (Fsp3) is 0.200. The molecule has 1 rings (SSSR count). The van der Waals surface area contributed by atoms with Gasteiger partial charge in [-0.2, -0.15) is 0 Å². The van der Waals surface area contributed by atoms with Gasteiger partial charge in [0.05, 0.1) is 19.0 Å². The Balaban J connectivity index is 2.71. The summed E-state index contributed by atoms with van der Waals surface area (Å²) in [5.41, 5.74) is 3.52. The number of rotatable bonds is 3. The maximum Gasteiger partial charge on any atom is 0.0773 e. The monoisotopic (exact) mass is 188 g/mol. The van der Waals surface area contributed by atoms with Crippen LogP contribution in [0.4, 0.5) is 0 Å². The molecule has 1 aromatic rings. The van der Waals surface area contributed by atoms with E-state index in [-0.39, 0.29) is 0 Å². The second kappa shape index (κ2) is 5.11. The first-order valence-electron chi connectivity index (χ1n) is 3.98. The zero-order valence-corrected chi connectivity index (χ0v) is 9.46. The Labute approximate surface area is 79.4 Å². The van der Waals surface area contributed by atoms with Gasteiger partial charge < -0.3 is 0 Å². The highest BCUT2D eigenvalue weighted by atomic mass is 28.2. The van der Waals surface area contributed by atoms with E-state index in [0.29, 0.717) is 0 Å². The molecule has 0 aromatic heterocycles. The topological polar surface area (TPSA) is 0 Å². The minimum absolute atomic E-state index is 0.902. The summed E-state index contributed by atoms with van der Waals surface area (Å²) in [5, 5.41) is 1.44. The van der Waals surface area contributed by atoms with Gasteiger partial charge in [-0.1, -0.05) is 54.3 Å². The summed E-state index contributed by atoms with van der Waals surface area (Å²) in [4.78, 5) is 0. The molecule has 0 unspecified atom stereocenters. The molecule has 12 heavy (non-hydrogen) atoms. The van der Waals surface area contributed by atoms with Crippen LogP contribution in [-0.2, 0) is 0 Å². The fourth-order valence-corrected chi connectivity index (χ4v) is 1.80. The summed E-state index contributed by atoms with van der Waals surface area (Å²) in [6.45, 7) is 4.39. The SMILES string of the molecule is C[Si]C=Cc1ccc([Si]C)cc1. The highest BCUT2D eigenvalue weighted by Crippen LogP contribution is 1.98. The summed E-state index contributed by atoms with van der Waals surface area (Å²) < 4.78 is 0. The molecule has 0 atom stereocenters. The molecule has 0 aliphatic rings. The molecule has 0 nitrogen and oxygen atoms in total. The number of hydrogen-bond donors (Lipinski definition) is 0. The summed E-state index contributed by atoms with van der Waals surface area (Å²) in [5.74, 6) is 0. The normalized spacial score (nSPS) is 10.8. The first-order chi connectivity index (χ1) is 5.86. The van der Waals surface area contributed by atoms with Crippen molar-refractivity contribution in [1.82, 2.24) is 0 Å². The first kappa shape index (κ1) is 9.48. The van der Waals surface area contributed by atoms with E-state index >= 15 is 0 Å². The minimum atomic E-state index is 0.902. The molecule has 0 aliphatic carbocycles. The van der Waals surface area contributed by atoms with Crippen molar-refractivity contribution in [3.05, 3.63) is 35.5 Å². The zero-order chi connectivity index (χ0) is 8.81. The van der Waals surface area contributed by atoms with Crippen molar-refractivity contribution in [3.8, 4) is 0 Å². The maximum atomic E-state index is 2.21. The summed E-state index contributed by atoms with van der Waals surface area (Å²) in [7, 11) is 1.81. The molecule has 0 heterocycles. The van der Waals surface area contributed by atoms with Crippen LogP contribution in [0.25, 0.3) is 6.08 Å². The third-order valence-corrected chi connectivity index (χ3v) is 3.05. The quantitative estimate of drug-likeness (QED) is 0.635. The molecule has 0 saturated carbocycles. The van der Waals surface area contributed by atoms with Crippen LogP contribution in [0.3, 0.4) is 0 Å². The van der Waals surface area contributed by atoms with Gasteiger partial charge in [-0.05, 0) is 5.56 Å². The third kappa shape index (κ3) is 2.79. The van der Waals surface area contributed by atoms with E-state index in [1.807, 2.05) is 0 Å². The lowest BCUT2D eigenvalue weighted by Gasteiger charge is -1.95. The smallest absolute Gasteiger partial charge is 0.0773 e. The van der Waals surface area contributed by atoms with Gasteiger partial charge in [0.25, 0.3) is 0 Å². The molecule has 0 spiro atoms. The number of benzene rings is 1. The van der Waals surface area contributed by atoms with Gasteiger partial charge in [0.15, 0.2) is 0 Å². The molecule has 1 aromatic carbocycles. The Kier molecular flexibility index (Phi) is 4.04. The molecule has 60 valence electrons. The summed E-state index contributed by atoms with van der Waals surface area (Å²) in [6, 6.07) is 8.78. The average molecular weight is 188 g/mol. The van der Waals surface area contributed by atoms with E-state index in [4.69, 9.17) is 0 Å². The largest absolute Gasteiger partial charge is 0.0985 e. The van der Waals surface area contributed by atoms with Crippen molar-refractivity contribution in [3.63, 3.8) is 0 Å². The van der Waals surface area contributed by atoms with Gasteiger partial charge in [0, 0.05) is 0 Å². The Morgan fingerprint density at radius 2 is 1.75 bits per heavy atom. The average Bonchev–Trinajstić information content (AvgIpc) is 2.15. The molecular formula is C10H12Si2. The standard InChI is InChI=1S/C10H12Si2/c1-11-8-7-9-3-5-10(12-2)6-4-9/h3-8H,1-2H3. The van der Waals surface area contributed by atoms with Crippen LogP contribution in [0.1, 0.15) is 5.56 Å². The van der Waals surface area contributed by atoms with Crippen molar-refractivity contribution in [1.29, 1.82) is 0 Å². The van der Waals surface area contributed by atoms with Crippen molar-refractivity contribution in [2.45, 2.75) is 13.1 Å². The van der Waals surface area contributed by atoms with Gasteiger partial charge in [-0.3, -0.25) is 0 Å². The van der Waals surface area contributed by atoms with Crippen LogP contribution in [0.5, 0.6) is 0 Å². The highest BCUT2D eigenvalue weighted by Gasteiger charge is 1.88. The lowest BCUT2D eigenvalue weighted by Crippen LogP contribution is -2.08. The zero-order valence-electron chi connectivity index (χ0n) is 7.46. The number of hydrogen-bond acceptors (Lipinski definition) is 0. The van der Waals surface area contributed by atoms with Crippen molar-refractivity contribution < 1.29 is 0 Å². The summed E-state index contributed by atoms with van der Waals surface area (Å²) >= 11 is 0. The van der Waals surface area contributed by atoms with Gasteiger partial charge in [-0.25, -0.2) is 0 Å². The van der Waals surface area contributed by atoms with E-state index in [1.54, 1.807) is 0 Å². The van der Waals surface area contributed by atoms with Crippen molar-refractivity contribution >= 4 is 30.3 Å². The summed E-state index contributed by atoms with van der Waals surface area (Å²) in [6.07, 6.45) is 2.18. The Morgan fingerprint density at radius 1 is 1.08 bits per heavy atom. The van der Waals surface area contributed by atoms with Gasteiger partial charge in [0.2, 0.25) is 0 Å². The van der Waals surface area contributed by atoms with Crippen LogP contribution >= 0.6 is 0 Å². The lowest BCUT2D eigenvalue weighted by molar-refractivity contribution is 1.70. The Morgan fingerprint density at radius 3 is 2.25 bits per heavy atom. The van der Waals surface area contributed by atoms with Crippen molar-refractivity contribution in [2.75, 3.05) is 0 Å². The molecule has 4 radical (unpaired) electrons. The molecule has 0 aliphatic heterocycles. The molecule has 0 saturated heterocycles. The van der Waals surface area contributed by atoms with Crippen LogP contribution in [-0.4, -0.2) is 19.0 Å². The molecular weight excluding hydrogens is 176 g/mol. The van der Waals surface area contributed by atoms with Gasteiger partial charge >= 0.3 is 0 Å². The van der Waals surface area contributed by atoms with E-state index in [2.05, 4.69) is 49.1 Å². The van der Waals surface area contributed by atoms with E-state index < -0.39 is 0 Å². The van der Waals surface area contributed by atoms with Crippen LogP contribution in [0.15, 0.2) is 30.0 Å². The first-order valence-corrected chi connectivity index (χ1v) is 7.06. The van der Waals surface area contributed by atoms with E-state index in [1.165, 1.54) is 10.8 Å². The molecule has 0 N–H and O–H groups in total. The third-order valence-electron chi connectivity index (χ3n) is 1.64. The van der Waals surface area contributed by atoms with Gasteiger partial charge in [-0.15, -0.1) is 0 Å². The van der Waals surface area contributed by atoms with E-state index in [0.717, 1.165) is 19.0 Å². The van der Waals surface area contributed by atoms with E-state index in [9.17, 15) is 0 Å². The van der Waals surface area contributed by atoms with Crippen molar-refractivity contribution in [2.24, 2.45) is 0 Å². The maximum absolute atomic E-state index is 2.21. The predicted molar refractivity (Wildman–Crippen MR) is 58.3 cm³/mol. The van der Waals surface area contributed by atoms with Crippen LogP contribution < -0.4 is 5.19 Å². The minimum Gasteiger partial charge on any atom is -0.0985 e. The van der Waals surface area contributed by atoms with Crippen LogP contribution in [0, 0.1) is 0 Å². The molecule has 2 heteroatoms. The lowest BCUT2D eigenvalue weighted by atomic mass is 10.2. The molecule has 0 fully saturated rings. The predicted octanol–water partition coefficient (Wildman–Crippen LogP) is 1.79. The molecule has 0 amide bonds. The fourth-order valence-electron chi connectivity index (χ4n) is 0.940. The Hall–Kier alpha value is -0.606. The highest BCUT2D eigenvalue weighted by molar-refractivity contribution is 6.51. The second-order valence-corrected chi connectivity index (χ2v) is 4.48.